The number of fused-ring (bicyclic) bond motifs is 1. The van der Waals surface area contributed by atoms with E-state index in [0.29, 0.717) is 0 Å². The minimum absolute atomic E-state index is 0. The molecule has 2 rings (SSSR count). The van der Waals surface area contributed by atoms with Gasteiger partial charge in [0, 0.05) is 0 Å². The first-order valence-corrected chi connectivity index (χ1v) is 5.60. The Morgan fingerprint density at radius 3 is 1.81 bits per heavy atom. The van der Waals surface area contributed by atoms with Crippen molar-refractivity contribution in [1.82, 2.24) is 0 Å². The maximum atomic E-state index is 11.0. The molecule has 10 heteroatoms. The first-order chi connectivity index (χ1) is 7.25. The second-order valence-electron chi connectivity index (χ2n) is 2.25. The maximum absolute atomic E-state index is 11.0. The van der Waals surface area contributed by atoms with Crippen LogP contribution in [-0.4, -0.2) is 8.42 Å². The van der Waals surface area contributed by atoms with Crippen molar-refractivity contribution in [2.75, 3.05) is 0 Å². The van der Waals surface area contributed by atoms with Crippen molar-refractivity contribution < 1.29 is 44.2 Å². The summed E-state index contributed by atoms with van der Waals surface area (Å²) >= 11 is -4.32. The van der Waals surface area contributed by atoms with Gasteiger partial charge in [0.2, 0.25) is 0 Å². The van der Waals surface area contributed by atoms with Crippen LogP contribution in [0.5, 0.6) is 11.5 Å². The Morgan fingerprint density at radius 2 is 1.38 bits per heavy atom. The third-order valence-electron chi connectivity index (χ3n) is 1.35. The van der Waals surface area contributed by atoms with E-state index in [9.17, 15) is 8.42 Å². The van der Waals surface area contributed by atoms with Crippen LogP contribution >= 0.6 is 0 Å². The molecule has 1 aliphatic heterocycles. The normalized spacial score (nSPS) is 24.5. The fourth-order valence-corrected chi connectivity index (χ4v) is 1.66. The standard InChI is InChI=1S/C6H4NO6S2.Li/c8-14-10-5-3-1-2-4-6(5)11-15(9)13-7-12-14;/h1-4H;/q-1;+1. The van der Waals surface area contributed by atoms with Crippen LogP contribution in [0.15, 0.2) is 24.3 Å². The molecule has 0 fully saturated rings. The van der Waals surface area contributed by atoms with E-state index in [1.54, 1.807) is 12.1 Å². The third kappa shape index (κ3) is 3.57. The van der Waals surface area contributed by atoms with Gasteiger partial charge < -0.3 is 22.6 Å². The van der Waals surface area contributed by atoms with Crippen molar-refractivity contribution in [3.05, 3.63) is 29.9 Å². The van der Waals surface area contributed by atoms with E-state index in [1.165, 1.54) is 12.1 Å². The van der Waals surface area contributed by atoms with E-state index in [-0.39, 0.29) is 30.4 Å². The molecular formula is C6H4LiNO6S2. The molecule has 0 aliphatic carbocycles. The summed E-state index contributed by atoms with van der Waals surface area (Å²) in [6, 6.07) is 6.19. The van der Waals surface area contributed by atoms with Crippen molar-refractivity contribution in [3.63, 3.8) is 0 Å². The van der Waals surface area contributed by atoms with Crippen molar-refractivity contribution in [3.8, 4) is 11.5 Å². The summed E-state index contributed by atoms with van der Waals surface area (Å²) in [5.41, 5.74) is 2.79. The van der Waals surface area contributed by atoms with E-state index < -0.39 is 22.7 Å². The Morgan fingerprint density at radius 1 is 0.938 bits per heavy atom. The summed E-state index contributed by atoms with van der Waals surface area (Å²) in [6.45, 7) is 0. The average molecular weight is 257 g/mol. The van der Waals surface area contributed by atoms with Gasteiger partial charge in [-0.2, -0.15) is 8.42 Å². The molecule has 0 saturated heterocycles. The van der Waals surface area contributed by atoms with Crippen LogP contribution in [0.3, 0.4) is 0 Å². The maximum Gasteiger partial charge on any atom is 1.00 e. The van der Waals surface area contributed by atoms with Crippen molar-refractivity contribution in [2.45, 2.75) is 0 Å². The molecule has 0 radical (unpaired) electrons. The van der Waals surface area contributed by atoms with E-state index >= 15 is 0 Å². The third-order valence-corrected chi connectivity index (χ3v) is 2.34. The average Bonchev–Trinajstić information content (AvgIpc) is 2.26. The minimum atomic E-state index is -2.16. The van der Waals surface area contributed by atoms with Crippen LogP contribution in [0.25, 0.3) is 5.64 Å². The molecular weight excluding hydrogens is 253 g/mol. The van der Waals surface area contributed by atoms with E-state index in [2.05, 4.69) is 14.2 Å². The van der Waals surface area contributed by atoms with Crippen molar-refractivity contribution >= 4 is 22.7 Å². The Labute approximate surface area is 108 Å². The van der Waals surface area contributed by atoms with E-state index in [0.717, 1.165) is 0 Å². The number of nitrogens with zero attached hydrogens (tertiary/aromatic N) is 1. The summed E-state index contributed by atoms with van der Waals surface area (Å²) in [7, 11) is 0. The molecule has 7 nitrogen and oxygen atoms in total. The van der Waals surface area contributed by atoms with Gasteiger partial charge in [-0.05, 0) is 12.1 Å². The van der Waals surface area contributed by atoms with Gasteiger partial charge >= 0.3 is 41.6 Å². The molecule has 0 amide bonds. The van der Waals surface area contributed by atoms with Crippen molar-refractivity contribution in [1.29, 1.82) is 0 Å². The monoisotopic (exact) mass is 257 g/mol. The minimum Gasteiger partial charge on any atom is -0.377 e. The molecule has 82 valence electrons. The van der Waals surface area contributed by atoms with Crippen LogP contribution in [0.1, 0.15) is 0 Å². The van der Waals surface area contributed by atoms with Gasteiger partial charge in [-0.15, -0.1) is 0 Å². The summed E-state index contributed by atoms with van der Waals surface area (Å²) in [6.07, 6.45) is 0. The van der Waals surface area contributed by atoms with Crippen LogP contribution in [-0.2, 0) is 31.3 Å². The number of benzene rings is 1. The summed E-state index contributed by atoms with van der Waals surface area (Å²) in [5.74, 6) is 0.231. The quantitative estimate of drug-likeness (QED) is 0.493. The number of hydrogen-bond donors (Lipinski definition) is 0. The molecule has 2 unspecified atom stereocenters. The van der Waals surface area contributed by atoms with Crippen molar-refractivity contribution in [2.24, 2.45) is 0 Å². The Kier molecular flexibility index (Phi) is 5.43. The Bertz CT molecular complexity index is 379. The van der Waals surface area contributed by atoms with Crippen LogP contribution in [0, 0.1) is 0 Å². The SMILES string of the molecule is O=S1O[N-]OS(=O)Oc2ccccc2O1.[Li+]. The van der Waals surface area contributed by atoms with Gasteiger partial charge in [-0.25, -0.2) is 0 Å². The van der Waals surface area contributed by atoms with E-state index in [4.69, 9.17) is 8.37 Å². The van der Waals surface area contributed by atoms with Crippen LogP contribution in [0.4, 0.5) is 0 Å². The molecule has 1 aliphatic rings. The van der Waals surface area contributed by atoms with Gasteiger partial charge in [-0.3, -0.25) is 0 Å². The Balaban J connectivity index is 0.00000128. The van der Waals surface area contributed by atoms with Gasteiger partial charge in [-0.1, -0.05) is 12.1 Å². The van der Waals surface area contributed by atoms with Gasteiger partial charge in [0.15, 0.2) is 11.5 Å². The predicted octanol–water partition coefficient (Wildman–Crippen LogP) is -2.14. The summed E-state index contributed by atoms with van der Waals surface area (Å²) in [4.78, 5) is 0. The fourth-order valence-electron chi connectivity index (χ4n) is 0.827. The van der Waals surface area contributed by atoms with Gasteiger partial charge in [0.25, 0.3) is 0 Å². The van der Waals surface area contributed by atoms with E-state index in [1.807, 2.05) is 0 Å². The molecule has 0 bridgehead atoms. The number of rotatable bonds is 0. The van der Waals surface area contributed by atoms with Crippen LogP contribution in [0.2, 0.25) is 0 Å². The molecule has 0 spiro atoms. The topological polar surface area (TPSA) is 85.2 Å². The number of para-hydroxylation sites is 2. The zero-order valence-corrected chi connectivity index (χ0v) is 9.66. The predicted molar refractivity (Wildman–Crippen MR) is 49.5 cm³/mol. The zero-order valence-electron chi connectivity index (χ0n) is 8.02. The smallest absolute Gasteiger partial charge is 0.377 e. The first-order valence-electron chi connectivity index (χ1n) is 3.60. The molecule has 1 aromatic carbocycles. The van der Waals surface area contributed by atoms with Gasteiger partial charge in [0.1, 0.15) is 0 Å². The Hall–Kier alpha value is -0.403. The fraction of sp³-hybridized carbons (Fsp3) is 0. The number of hydrogen-bond acceptors (Lipinski definition) is 6. The summed E-state index contributed by atoms with van der Waals surface area (Å²) < 4.78 is 39.9. The molecule has 0 aromatic heterocycles. The van der Waals surface area contributed by atoms with Gasteiger partial charge in [0.05, 0.1) is 0 Å². The molecule has 2 atom stereocenters. The molecule has 1 aromatic rings. The second-order valence-corrected chi connectivity index (χ2v) is 3.69. The first kappa shape index (κ1) is 13.7. The molecule has 1 heterocycles. The summed E-state index contributed by atoms with van der Waals surface area (Å²) in [5, 5.41) is 0. The largest absolute Gasteiger partial charge is 1.00 e. The zero-order chi connectivity index (χ0) is 10.7. The second kappa shape index (κ2) is 6.36. The van der Waals surface area contributed by atoms with Crippen LogP contribution < -0.4 is 27.2 Å². The molecule has 0 saturated carbocycles. The molecule has 16 heavy (non-hydrogen) atoms. The molecule has 0 N–H and O–H groups in total.